The lowest BCUT2D eigenvalue weighted by Gasteiger charge is -1.78. The highest BCUT2D eigenvalue weighted by molar-refractivity contribution is 7.11. The van der Waals surface area contributed by atoms with Crippen molar-refractivity contribution in [3.05, 3.63) is 16.1 Å². The summed E-state index contributed by atoms with van der Waals surface area (Å²) in [7, 11) is 0. The van der Waals surface area contributed by atoms with Crippen molar-refractivity contribution < 1.29 is 0 Å². The van der Waals surface area contributed by atoms with E-state index in [4.69, 9.17) is 0 Å². The van der Waals surface area contributed by atoms with E-state index in [0.717, 1.165) is 6.42 Å². The topological polar surface area (TPSA) is 12.9 Å². The van der Waals surface area contributed by atoms with E-state index in [1.165, 1.54) is 16.3 Å². The highest BCUT2D eigenvalue weighted by Crippen LogP contribution is 2.10. The van der Waals surface area contributed by atoms with Crippen molar-refractivity contribution in [1.29, 1.82) is 0 Å². The molecular formula is C9H17NS. The van der Waals surface area contributed by atoms with Gasteiger partial charge in [0.1, 0.15) is 0 Å². The van der Waals surface area contributed by atoms with Crippen LogP contribution in [0.15, 0.2) is 6.20 Å². The molecule has 1 aromatic heterocycles. The minimum Gasteiger partial charge on any atom is -0.250 e. The molecule has 1 rings (SSSR count). The van der Waals surface area contributed by atoms with Crippen molar-refractivity contribution in [3.63, 3.8) is 0 Å². The maximum Gasteiger partial charge on any atom is 0.0896 e. The summed E-state index contributed by atoms with van der Waals surface area (Å²) < 4.78 is 0. The molecule has 0 radical (unpaired) electrons. The molecule has 0 aliphatic heterocycles. The molecule has 0 aliphatic carbocycles. The number of aromatic nitrogens is 1. The van der Waals surface area contributed by atoms with Gasteiger partial charge in [0.05, 0.1) is 5.01 Å². The minimum absolute atomic E-state index is 1.12. The molecule has 0 bridgehead atoms. The van der Waals surface area contributed by atoms with Crippen LogP contribution in [-0.4, -0.2) is 4.98 Å². The molecule has 1 aromatic rings. The van der Waals surface area contributed by atoms with Crippen molar-refractivity contribution in [2.75, 3.05) is 0 Å². The Hall–Kier alpha value is -0.370. The minimum atomic E-state index is 1.12. The third-order valence-corrected chi connectivity index (χ3v) is 2.07. The van der Waals surface area contributed by atoms with Gasteiger partial charge in [-0.3, -0.25) is 0 Å². The van der Waals surface area contributed by atoms with E-state index in [2.05, 4.69) is 25.8 Å². The third-order valence-electron chi connectivity index (χ3n) is 1.02. The van der Waals surface area contributed by atoms with Crippen molar-refractivity contribution in [2.45, 2.75) is 40.5 Å². The summed E-state index contributed by atoms with van der Waals surface area (Å²) in [5.41, 5.74) is 0. The van der Waals surface area contributed by atoms with Gasteiger partial charge in [0.2, 0.25) is 0 Å². The Morgan fingerprint density at radius 3 is 2.09 bits per heavy atom. The Morgan fingerprint density at radius 1 is 1.36 bits per heavy atom. The fraction of sp³-hybridized carbons (Fsp3) is 0.667. The van der Waals surface area contributed by atoms with Gasteiger partial charge in [0.25, 0.3) is 0 Å². The van der Waals surface area contributed by atoms with E-state index in [0.29, 0.717) is 0 Å². The fourth-order valence-corrected chi connectivity index (χ4v) is 1.30. The molecule has 0 N–H and O–H groups in total. The van der Waals surface area contributed by atoms with Gasteiger partial charge in [-0.15, -0.1) is 11.3 Å². The molecule has 0 unspecified atom stereocenters. The maximum absolute atomic E-state index is 4.11. The monoisotopic (exact) mass is 171 g/mol. The molecule has 0 saturated carbocycles. The van der Waals surface area contributed by atoms with Crippen LogP contribution < -0.4 is 0 Å². The van der Waals surface area contributed by atoms with E-state index >= 15 is 0 Å². The lowest BCUT2D eigenvalue weighted by Crippen LogP contribution is -1.64. The zero-order chi connectivity index (χ0) is 8.69. The summed E-state index contributed by atoms with van der Waals surface area (Å²) in [6.45, 7) is 8.43. The summed E-state index contributed by atoms with van der Waals surface area (Å²) in [5.74, 6) is 0. The first-order valence-electron chi connectivity index (χ1n) is 4.15. The Labute approximate surface area is 73.5 Å². The van der Waals surface area contributed by atoms with Crippen LogP contribution in [0.25, 0.3) is 0 Å². The highest BCUT2D eigenvalue weighted by Gasteiger charge is 1.91. The molecule has 0 fully saturated rings. The molecule has 0 aliphatic rings. The third kappa shape index (κ3) is 4.96. The second kappa shape index (κ2) is 6.35. The number of hydrogen-bond acceptors (Lipinski definition) is 2. The van der Waals surface area contributed by atoms with E-state index in [1.807, 2.05) is 13.1 Å². The van der Waals surface area contributed by atoms with Crippen LogP contribution in [0.2, 0.25) is 0 Å². The van der Waals surface area contributed by atoms with Gasteiger partial charge in [0, 0.05) is 11.1 Å². The van der Waals surface area contributed by atoms with Gasteiger partial charge < -0.3 is 0 Å². The predicted octanol–water partition coefficient (Wildman–Crippen LogP) is 3.43. The number of thiazole rings is 1. The van der Waals surface area contributed by atoms with Gasteiger partial charge in [-0.1, -0.05) is 27.2 Å². The largest absolute Gasteiger partial charge is 0.250 e. The molecule has 0 atom stereocenters. The van der Waals surface area contributed by atoms with Gasteiger partial charge >= 0.3 is 0 Å². The normalized spacial score (nSPS) is 8.73. The van der Waals surface area contributed by atoms with Crippen molar-refractivity contribution >= 4 is 11.3 Å². The average molecular weight is 171 g/mol. The second-order valence-electron chi connectivity index (χ2n) is 2.41. The molecule has 1 nitrogen and oxygen atoms in total. The molecule has 11 heavy (non-hydrogen) atoms. The van der Waals surface area contributed by atoms with E-state index in [1.54, 1.807) is 11.3 Å². The summed E-state index contributed by atoms with van der Waals surface area (Å²) in [6.07, 6.45) is 4.31. The molecule has 2 heteroatoms. The van der Waals surface area contributed by atoms with Gasteiger partial charge in [-0.2, -0.15) is 0 Å². The quantitative estimate of drug-likeness (QED) is 0.631. The Kier molecular flexibility index (Phi) is 6.13. The number of nitrogens with zero attached hydrogens (tertiary/aromatic N) is 1. The Morgan fingerprint density at radius 2 is 1.91 bits per heavy atom. The Balaban J connectivity index is 0.000000292. The summed E-state index contributed by atoms with van der Waals surface area (Å²) >= 11 is 1.78. The molecule has 0 aromatic carbocycles. The van der Waals surface area contributed by atoms with Gasteiger partial charge in [0.15, 0.2) is 0 Å². The lowest BCUT2D eigenvalue weighted by molar-refractivity contribution is 1.09. The zero-order valence-electron chi connectivity index (χ0n) is 7.85. The van der Waals surface area contributed by atoms with E-state index in [9.17, 15) is 0 Å². The highest BCUT2D eigenvalue weighted by atomic mass is 32.1. The molecule has 0 amide bonds. The molecular weight excluding hydrogens is 154 g/mol. The van der Waals surface area contributed by atoms with Gasteiger partial charge in [-0.05, 0) is 13.3 Å². The van der Waals surface area contributed by atoms with Crippen LogP contribution in [0.1, 0.15) is 37.1 Å². The summed E-state index contributed by atoms with van der Waals surface area (Å²) in [6, 6.07) is 0. The summed E-state index contributed by atoms with van der Waals surface area (Å²) in [5, 5.41) is 1.17. The summed E-state index contributed by atoms with van der Waals surface area (Å²) in [4.78, 5) is 5.48. The van der Waals surface area contributed by atoms with Crippen LogP contribution >= 0.6 is 11.3 Å². The van der Waals surface area contributed by atoms with E-state index in [-0.39, 0.29) is 0 Å². The van der Waals surface area contributed by atoms with Crippen LogP contribution in [0.3, 0.4) is 0 Å². The smallest absolute Gasteiger partial charge is 0.0896 e. The first-order valence-corrected chi connectivity index (χ1v) is 4.97. The standard InChI is InChI=1S/C6H9NS.C3H8/c1-3-6-4-7-5(2)8-6;1-3-2/h4H,3H2,1-2H3;3H2,1-2H3. The first kappa shape index (κ1) is 10.6. The van der Waals surface area contributed by atoms with E-state index < -0.39 is 0 Å². The van der Waals surface area contributed by atoms with Gasteiger partial charge in [-0.25, -0.2) is 4.98 Å². The molecule has 64 valence electrons. The Bertz CT molecular complexity index is 181. The zero-order valence-corrected chi connectivity index (χ0v) is 8.66. The fourth-order valence-electron chi connectivity index (χ4n) is 0.569. The molecule has 1 heterocycles. The number of aryl methyl sites for hydroxylation is 2. The first-order chi connectivity index (χ1) is 5.24. The van der Waals surface area contributed by atoms with Crippen LogP contribution in [0, 0.1) is 6.92 Å². The number of hydrogen-bond donors (Lipinski definition) is 0. The van der Waals surface area contributed by atoms with Crippen LogP contribution in [-0.2, 0) is 6.42 Å². The van der Waals surface area contributed by atoms with Crippen molar-refractivity contribution in [1.82, 2.24) is 4.98 Å². The number of rotatable bonds is 1. The lowest BCUT2D eigenvalue weighted by atomic mass is 10.4. The van der Waals surface area contributed by atoms with Crippen molar-refractivity contribution in [3.8, 4) is 0 Å². The SMILES string of the molecule is CCC.CCc1cnc(C)s1. The van der Waals surface area contributed by atoms with Crippen molar-refractivity contribution in [2.24, 2.45) is 0 Å². The molecule has 0 spiro atoms. The average Bonchev–Trinajstić information content (AvgIpc) is 2.37. The second-order valence-corrected chi connectivity index (χ2v) is 3.73. The van der Waals surface area contributed by atoms with Crippen LogP contribution in [0.5, 0.6) is 0 Å². The predicted molar refractivity (Wildman–Crippen MR) is 52.2 cm³/mol. The molecule has 0 saturated heterocycles. The van der Waals surface area contributed by atoms with Crippen LogP contribution in [0.4, 0.5) is 0 Å². The maximum atomic E-state index is 4.11.